The third-order valence-electron chi connectivity index (χ3n) is 4.59. The molecule has 0 aliphatic rings. The number of rotatable bonds is 7. The fourth-order valence-corrected chi connectivity index (χ4v) is 4.02. The predicted octanol–water partition coefficient (Wildman–Crippen LogP) is 4.51. The molecule has 3 aromatic rings. The summed E-state index contributed by atoms with van der Waals surface area (Å²) in [7, 11) is -3.65. The van der Waals surface area contributed by atoms with Crippen LogP contribution < -0.4 is 15.4 Å². The average Bonchev–Trinajstić information content (AvgIpc) is 2.79. The maximum Gasteiger partial charge on any atom is 0.416 e. The molecule has 0 bridgehead atoms. The number of alkyl halides is 3. The number of nitrogens with one attached hydrogen (secondary N) is 3. The lowest BCUT2D eigenvalue weighted by Gasteiger charge is -2.11. The number of benzene rings is 3. The van der Waals surface area contributed by atoms with E-state index >= 15 is 0 Å². The van der Waals surface area contributed by atoms with Crippen LogP contribution in [0.2, 0.25) is 0 Å². The van der Waals surface area contributed by atoms with Gasteiger partial charge in [-0.25, -0.2) is 13.1 Å². The van der Waals surface area contributed by atoms with Gasteiger partial charge in [0.2, 0.25) is 10.0 Å². The van der Waals surface area contributed by atoms with Gasteiger partial charge in [0.25, 0.3) is 11.8 Å². The Kier molecular flexibility index (Phi) is 7.38. The SMILES string of the molecule is CCNS(=O)(=O)c1ccc(C(=O)Nc2cccc(C(=O)Nc3cccc(C(F)(F)F)c3)c2)cc1. The molecule has 0 unspecified atom stereocenters. The van der Waals surface area contributed by atoms with E-state index in [1.807, 2.05) is 0 Å². The van der Waals surface area contributed by atoms with E-state index in [2.05, 4.69) is 15.4 Å². The lowest BCUT2D eigenvalue weighted by Crippen LogP contribution is -2.23. The van der Waals surface area contributed by atoms with E-state index in [4.69, 9.17) is 0 Å². The van der Waals surface area contributed by atoms with Gasteiger partial charge in [0.05, 0.1) is 10.5 Å². The van der Waals surface area contributed by atoms with Crippen LogP contribution in [-0.2, 0) is 16.2 Å². The number of halogens is 3. The van der Waals surface area contributed by atoms with Crippen molar-refractivity contribution in [2.75, 3.05) is 17.2 Å². The maximum absolute atomic E-state index is 12.9. The summed E-state index contributed by atoms with van der Waals surface area (Å²) in [6, 6.07) is 15.4. The molecule has 0 spiro atoms. The van der Waals surface area contributed by atoms with Crippen molar-refractivity contribution in [2.45, 2.75) is 18.0 Å². The van der Waals surface area contributed by atoms with Gasteiger partial charge in [-0.1, -0.05) is 19.1 Å². The van der Waals surface area contributed by atoms with Gasteiger partial charge in [0.1, 0.15) is 0 Å². The lowest BCUT2D eigenvalue weighted by atomic mass is 10.1. The predicted molar refractivity (Wildman–Crippen MR) is 121 cm³/mol. The molecule has 2 amide bonds. The third-order valence-corrected chi connectivity index (χ3v) is 6.15. The zero-order valence-electron chi connectivity index (χ0n) is 17.8. The number of hydrogen-bond donors (Lipinski definition) is 3. The van der Waals surface area contributed by atoms with Gasteiger partial charge in [0.15, 0.2) is 0 Å². The van der Waals surface area contributed by atoms with Crippen LogP contribution in [0.5, 0.6) is 0 Å². The van der Waals surface area contributed by atoms with Gasteiger partial charge >= 0.3 is 6.18 Å². The van der Waals surface area contributed by atoms with E-state index in [1.165, 1.54) is 60.7 Å². The topological polar surface area (TPSA) is 104 Å². The van der Waals surface area contributed by atoms with Crippen LogP contribution in [0.15, 0.2) is 77.7 Å². The van der Waals surface area contributed by atoms with Crippen LogP contribution in [0, 0.1) is 0 Å². The Morgan fingerprint density at radius 1 is 0.794 bits per heavy atom. The summed E-state index contributed by atoms with van der Waals surface area (Å²) in [5.74, 6) is -1.20. The van der Waals surface area contributed by atoms with E-state index in [1.54, 1.807) is 6.92 Å². The van der Waals surface area contributed by atoms with E-state index in [0.717, 1.165) is 12.1 Å². The highest BCUT2D eigenvalue weighted by atomic mass is 32.2. The van der Waals surface area contributed by atoms with Crippen molar-refractivity contribution in [3.05, 3.63) is 89.5 Å². The van der Waals surface area contributed by atoms with Gasteiger partial charge in [-0.15, -0.1) is 0 Å². The first-order valence-electron chi connectivity index (χ1n) is 9.99. The van der Waals surface area contributed by atoms with Crippen molar-refractivity contribution in [3.8, 4) is 0 Å². The first-order chi connectivity index (χ1) is 16.0. The number of anilines is 2. The Balaban J connectivity index is 1.71. The minimum absolute atomic E-state index is 0.0131. The molecule has 0 radical (unpaired) electrons. The summed E-state index contributed by atoms with van der Waals surface area (Å²) in [4.78, 5) is 25.0. The van der Waals surface area contributed by atoms with E-state index < -0.39 is 33.6 Å². The molecule has 0 fully saturated rings. The Hall–Kier alpha value is -3.70. The monoisotopic (exact) mass is 491 g/mol. The normalized spacial score (nSPS) is 11.6. The Bertz CT molecular complexity index is 1310. The second kappa shape index (κ2) is 10.1. The Morgan fingerprint density at radius 3 is 1.94 bits per heavy atom. The van der Waals surface area contributed by atoms with Crippen LogP contribution >= 0.6 is 0 Å². The molecule has 0 atom stereocenters. The Labute approximate surface area is 194 Å². The summed E-state index contributed by atoms with van der Waals surface area (Å²) in [5, 5.41) is 5.00. The first-order valence-corrected chi connectivity index (χ1v) is 11.5. The standard InChI is InChI=1S/C23H20F3N3O4S/c1-2-27-34(32,33)20-11-9-15(10-12-20)21(30)28-18-7-3-5-16(13-18)22(31)29-19-8-4-6-17(14-19)23(24,25)26/h3-14,27H,2H2,1H3,(H,28,30)(H,29,31). The molecule has 34 heavy (non-hydrogen) atoms. The summed E-state index contributed by atoms with van der Waals surface area (Å²) in [6.07, 6.45) is -4.54. The molecule has 3 aromatic carbocycles. The van der Waals surface area contributed by atoms with Gasteiger partial charge in [-0.05, 0) is 60.7 Å². The minimum Gasteiger partial charge on any atom is -0.322 e. The molecule has 0 heterocycles. The highest BCUT2D eigenvalue weighted by Crippen LogP contribution is 2.30. The fourth-order valence-electron chi connectivity index (χ4n) is 2.98. The summed E-state index contributed by atoms with van der Waals surface area (Å²) in [5.41, 5.74) is -0.347. The minimum atomic E-state index is -4.54. The number of carbonyl (C=O) groups is 2. The van der Waals surface area contributed by atoms with Crippen molar-refractivity contribution >= 4 is 33.2 Å². The highest BCUT2D eigenvalue weighted by molar-refractivity contribution is 7.89. The second-order valence-electron chi connectivity index (χ2n) is 7.09. The van der Waals surface area contributed by atoms with Crippen molar-refractivity contribution in [2.24, 2.45) is 0 Å². The highest BCUT2D eigenvalue weighted by Gasteiger charge is 2.30. The quantitative estimate of drug-likeness (QED) is 0.452. The van der Waals surface area contributed by atoms with E-state index in [9.17, 15) is 31.2 Å². The van der Waals surface area contributed by atoms with E-state index in [0.29, 0.717) is 0 Å². The molecule has 0 aromatic heterocycles. The lowest BCUT2D eigenvalue weighted by molar-refractivity contribution is -0.137. The average molecular weight is 491 g/mol. The fraction of sp³-hybridized carbons (Fsp3) is 0.130. The van der Waals surface area contributed by atoms with Gasteiger partial charge in [-0.3, -0.25) is 9.59 Å². The van der Waals surface area contributed by atoms with Gasteiger partial charge in [0, 0.05) is 29.0 Å². The number of amides is 2. The first kappa shape index (κ1) is 24.9. The van der Waals surface area contributed by atoms with Crippen LogP contribution in [0.1, 0.15) is 33.2 Å². The summed E-state index contributed by atoms with van der Waals surface area (Å²) >= 11 is 0. The molecule has 7 nitrogen and oxygen atoms in total. The largest absolute Gasteiger partial charge is 0.416 e. The molecule has 0 saturated carbocycles. The Morgan fingerprint density at radius 2 is 1.35 bits per heavy atom. The maximum atomic E-state index is 12.9. The van der Waals surface area contributed by atoms with Crippen molar-refractivity contribution in [3.63, 3.8) is 0 Å². The van der Waals surface area contributed by atoms with Gasteiger partial charge in [-0.2, -0.15) is 13.2 Å². The molecule has 0 saturated heterocycles. The molecule has 3 rings (SSSR count). The molecule has 178 valence electrons. The zero-order chi connectivity index (χ0) is 24.9. The van der Waals surface area contributed by atoms with Crippen LogP contribution in [0.4, 0.5) is 24.5 Å². The third kappa shape index (κ3) is 6.21. The number of carbonyl (C=O) groups excluding carboxylic acids is 2. The number of hydrogen-bond acceptors (Lipinski definition) is 4. The summed E-state index contributed by atoms with van der Waals surface area (Å²) < 4.78 is 65.0. The molecular formula is C23H20F3N3O4S. The smallest absolute Gasteiger partial charge is 0.322 e. The van der Waals surface area contributed by atoms with Crippen molar-refractivity contribution in [1.82, 2.24) is 4.72 Å². The van der Waals surface area contributed by atoms with Crippen LogP contribution in [0.25, 0.3) is 0 Å². The van der Waals surface area contributed by atoms with Crippen LogP contribution in [-0.4, -0.2) is 26.8 Å². The zero-order valence-corrected chi connectivity index (χ0v) is 18.6. The second-order valence-corrected chi connectivity index (χ2v) is 8.86. The van der Waals surface area contributed by atoms with Crippen LogP contribution in [0.3, 0.4) is 0 Å². The molecule has 0 aliphatic heterocycles. The van der Waals surface area contributed by atoms with E-state index in [-0.39, 0.29) is 33.9 Å². The van der Waals surface area contributed by atoms with Crippen molar-refractivity contribution < 1.29 is 31.2 Å². The molecule has 11 heteroatoms. The van der Waals surface area contributed by atoms with Gasteiger partial charge < -0.3 is 10.6 Å². The molecule has 3 N–H and O–H groups in total. The summed E-state index contributed by atoms with van der Waals surface area (Å²) in [6.45, 7) is 1.87. The molecular weight excluding hydrogens is 471 g/mol. The number of sulfonamides is 1. The van der Waals surface area contributed by atoms with Crippen molar-refractivity contribution in [1.29, 1.82) is 0 Å². The molecule has 0 aliphatic carbocycles.